The van der Waals surface area contributed by atoms with E-state index in [1.165, 1.54) is 23.1 Å². The lowest BCUT2D eigenvalue weighted by Gasteiger charge is -2.17. The molecular formula is C12H12BrFN2O3. The van der Waals surface area contributed by atoms with Crippen LogP contribution in [0.25, 0.3) is 0 Å². The van der Waals surface area contributed by atoms with Gasteiger partial charge in [0.1, 0.15) is 5.82 Å². The molecule has 0 aliphatic carbocycles. The summed E-state index contributed by atoms with van der Waals surface area (Å²) in [5, 5.41) is 11.4. The maximum Gasteiger partial charge on any atom is 0.321 e. The average Bonchev–Trinajstić information content (AvgIpc) is 2.83. The van der Waals surface area contributed by atoms with Crippen LogP contribution in [0.3, 0.4) is 0 Å². The Morgan fingerprint density at radius 2 is 2.21 bits per heavy atom. The number of urea groups is 1. The summed E-state index contributed by atoms with van der Waals surface area (Å²) in [6, 6.07) is 3.55. The Balaban J connectivity index is 2.02. The number of halogens is 2. The molecule has 1 aromatic rings. The Labute approximate surface area is 117 Å². The number of nitrogens with zero attached hydrogens (tertiary/aromatic N) is 1. The van der Waals surface area contributed by atoms with Crippen molar-refractivity contribution in [1.29, 1.82) is 0 Å². The molecule has 0 bridgehead atoms. The average molecular weight is 331 g/mol. The molecule has 0 spiro atoms. The van der Waals surface area contributed by atoms with Crippen LogP contribution in [0.15, 0.2) is 22.7 Å². The minimum atomic E-state index is -0.901. The fourth-order valence-electron chi connectivity index (χ4n) is 1.93. The van der Waals surface area contributed by atoms with E-state index in [4.69, 9.17) is 5.11 Å². The van der Waals surface area contributed by atoms with Gasteiger partial charge in [0, 0.05) is 17.6 Å². The van der Waals surface area contributed by atoms with E-state index in [1.807, 2.05) is 0 Å². The second-order valence-electron chi connectivity index (χ2n) is 4.32. The molecule has 5 nitrogen and oxygen atoms in total. The molecule has 1 aromatic carbocycles. The van der Waals surface area contributed by atoms with Crippen LogP contribution in [0.2, 0.25) is 0 Å². The third-order valence-corrected chi connectivity index (χ3v) is 3.69. The van der Waals surface area contributed by atoms with Crippen LogP contribution < -0.4 is 5.32 Å². The first kappa shape index (κ1) is 13.8. The molecule has 1 unspecified atom stereocenters. The molecule has 7 heteroatoms. The van der Waals surface area contributed by atoms with Crippen molar-refractivity contribution in [1.82, 2.24) is 4.90 Å². The van der Waals surface area contributed by atoms with Crippen molar-refractivity contribution in [2.45, 2.75) is 6.42 Å². The molecule has 1 aliphatic rings. The van der Waals surface area contributed by atoms with Crippen molar-refractivity contribution in [2.75, 3.05) is 18.4 Å². The van der Waals surface area contributed by atoms with Crippen LogP contribution in [-0.2, 0) is 4.79 Å². The van der Waals surface area contributed by atoms with Gasteiger partial charge in [0.25, 0.3) is 0 Å². The predicted molar refractivity (Wildman–Crippen MR) is 70.4 cm³/mol. The molecule has 0 aromatic heterocycles. The van der Waals surface area contributed by atoms with Crippen LogP contribution >= 0.6 is 15.9 Å². The number of carboxylic acids is 1. The summed E-state index contributed by atoms with van der Waals surface area (Å²) in [5.74, 6) is -1.88. The molecule has 0 radical (unpaired) electrons. The van der Waals surface area contributed by atoms with Gasteiger partial charge < -0.3 is 15.3 Å². The van der Waals surface area contributed by atoms with Gasteiger partial charge in [-0.3, -0.25) is 4.79 Å². The predicted octanol–water partition coefficient (Wildman–Crippen LogP) is 2.53. The summed E-state index contributed by atoms with van der Waals surface area (Å²) >= 11 is 3.21. The van der Waals surface area contributed by atoms with E-state index in [2.05, 4.69) is 21.2 Å². The number of likely N-dealkylation sites (tertiary alicyclic amines) is 1. The van der Waals surface area contributed by atoms with Crippen molar-refractivity contribution >= 4 is 33.6 Å². The zero-order valence-electron chi connectivity index (χ0n) is 9.90. The van der Waals surface area contributed by atoms with Gasteiger partial charge in [0.05, 0.1) is 11.6 Å². The highest BCUT2D eigenvalue weighted by Crippen LogP contribution is 2.24. The zero-order valence-corrected chi connectivity index (χ0v) is 11.5. The molecule has 0 saturated carbocycles. The molecule has 2 amide bonds. The summed E-state index contributed by atoms with van der Waals surface area (Å²) in [5.41, 5.74) is 0.323. The smallest absolute Gasteiger partial charge is 0.321 e. The van der Waals surface area contributed by atoms with E-state index < -0.39 is 23.7 Å². The first-order chi connectivity index (χ1) is 8.97. The summed E-state index contributed by atoms with van der Waals surface area (Å²) < 4.78 is 13.6. The van der Waals surface area contributed by atoms with Crippen molar-refractivity contribution in [3.63, 3.8) is 0 Å². The molecular weight excluding hydrogens is 319 g/mol. The lowest BCUT2D eigenvalue weighted by molar-refractivity contribution is -0.141. The molecule has 1 fully saturated rings. The molecule has 1 atom stereocenters. The Morgan fingerprint density at radius 1 is 1.47 bits per heavy atom. The van der Waals surface area contributed by atoms with Gasteiger partial charge in [-0.1, -0.05) is 0 Å². The number of carbonyl (C=O) groups excluding carboxylic acids is 1. The molecule has 1 saturated heterocycles. The van der Waals surface area contributed by atoms with Gasteiger partial charge >= 0.3 is 12.0 Å². The minimum Gasteiger partial charge on any atom is -0.481 e. The number of hydrogen-bond acceptors (Lipinski definition) is 2. The highest BCUT2D eigenvalue weighted by molar-refractivity contribution is 9.10. The number of nitrogens with one attached hydrogen (secondary N) is 1. The topological polar surface area (TPSA) is 69.6 Å². The molecule has 1 heterocycles. The van der Waals surface area contributed by atoms with Crippen LogP contribution in [0.1, 0.15) is 6.42 Å². The summed E-state index contributed by atoms with van der Waals surface area (Å²) in [6.45, 7) is 0.559. The zero-order chi connectivity index (χ0) is 14.0. The van der Waals surface area contributed by atoms with Crippen LogP contribution in [0.4, 0.5) is 14.9 Å². The lowest BCUT2D eigenvalue weighted by atomic mass is 10.1. The molecule has 2 N–H and O–H groups in total. The molecule has 1 aliphatic heterocycles. The molecule has 19 heavy (non-hydrogen) atoms. The van der Waals surface area contributed by atoms with E-state index in [1.54, 1.807) is 0 Å². The highest BCUT2D eigenvalue weighted by Gasteiger charge is 2.30. The highest BCUT2D eigenvalue weighted by atomic mass is 79.9. The number of amides is 2. The SMILES string of the molecule is O=C(O)C1CCN(C(=O)Nc2cc(F)ccc2Br)C1. The van der Waals surface area contributed by atoms with Crippen molar-refractivity contribution in [3.05, 3.63) is 28.5 Å². The monoisotopic (exact) mass is 330 g/mol. The first-order valence-corrected chi connectivity index (χ1v) is 6.50. The third-order valence-electron chi connectivity index (χ3n) is 2.99. The molecule has 2 rings (SSSR count). The van der Waals surface area contributed by atoms with Gasteiger partial charge in [-0.05, 0) is 40.5 Å². The Bertz CT molecular complexity index is 524. The fraction of sp³-hybridized carbons (Fsp3) is 0.333. The number of carbonyl (C=O) groups is 2. The van der Waals surface area contributed by atoms with Crippen LogP contribution in [0.5, 0.6) is 0 Å². The van der Waals surface area contributed by atoms with Gasteiger partial charge in [-0.2, -0.15) is 0 Å². The van der Waals surface area contributed by atoms with E-state index in [9.17, 15) is 14.0 Å². The quantitative estimate of drug-likeness (QED) is 0.875. The standard InChI is InChI=1S/C12H12BrFN2O3/c13-9-2-1-8(14)5-10(9)15-12(19)16-4-3-7(6-16)11(17)18/h1-2,5,7H,3-4,6H2,(H,15,19)(H,17,18). The van der Waals surface area contributed by atoms with Crippen molar-refractivity contribution < 1.29 is 19.1 Å². The second-order valence-corrected chi connectivity index (χ2v) is 5.18. The van der Waals surface area contributed by atoms with E-state index in [0.29, 0.717) is 23.1 Å². The number of benzene rings is 1. The summed E-state index contributed by atoms with van der Waals surface area (Å²) in [4.78, 5) is 24.1. The van der Waals surface area contributed by atoms with E-state index in [-0.39, 0.29) is 6.54 Å². The fourth-order valence-corrected chi connectivity index (χ4v) is 2.28. The third kappa shape index (κ3) is 3.23. The minimum absolute atomic E-state index is 0.175. The van der Waals surface area contributed by atoms with Gasteiger partial charge in [-0.15, -0.1) is 0 Å². The van der Waals surface area contributed by atoms with E-state index in [0.717, 1.165) is 0 Å². The van der Waals surface area contributed by atoms with E-state index >= 15 is 0 Å². The number of hydrogen-bond donors (Lipinski definition) is 2. The van der Waals surface area contributed by atoms with Crippen molar-refractivity contribution in [3.8, 4) is 0 Å². The normalized spacial score (nSPS) is 18.4. The van der Waals surface area contributed by atoms with Gasteiger partial charge in [0.2, 0.25) is 0 Å². The maximum absolute atomic E-state index is 13.1. The largest absolute Gasteiger partial charge is 0.481 e. The van der Waals surface area contributed by atoms with Crippen LogP contribution in [0, 0.1) is 11.7 Å². The number of anilines is 1. The Morgan fingerprint density at radius 3 is 2.84 bits per heavy atom. The number of carboxylic acid groups (broad SMARTS) is 1. The summed E-state index contributed by atoms with van der Waals surface area (Å²) in [7, 11) is 0. The molecule has 102 valence electrons. The second kappa shape index (κ2) is 5.56. The van der Waals surface area contributed by atoms with Crippen molar-refractivity contribution in [2.24, 2.45) is 5.92 Å². The number of aliphatic carboxylic acids is 1. The van der Waals surface area contributed by atoms with Gasteiger partial charge in [-0.25, -0.2) is 9.18 Å². The van der Waals surface area contributed by atoms with Gasteiger partial charge in [0.15, 0.2) is 0 Å². The lowest BCUT2D eigenvalue weighted by Crippen LogP contribution is -2.33. The Hall–Kier alpha value is -1.63. The first-order valence-electron chi connectivity index (χ1n) is 5.71. The Kier molecular flexibility index (Phi) is 4.04. The summed E-state index contributed by atoms with van der Waals surface area (Å²) in [6.07, 6.45) is 0.438. The number of rotatable bonds is 2. The maximum atomic E-state index is 13.1. The van der Waals surface area contributed by atoms with Crippen LogP contribution in [-0.4, -0.2) is 35.1 Å².